The van der Waals surface area contributed by atoms with Gasteiger partial charge in [-0.2, -0.15) is 0 Å². The van der Waals surface area contributed by atoms with Crippen LogP contribution in [0.2, 0.25) is 0 Å². The van der Waals surface area contributed by atoms with Gasteiger partial charge in [-0.05, 0) is 6.92 Å². The average molecular weight is 155 g/mol. The van der Waals surface area contributed by atoms with Crippen molar-refractivity contribution < 1.29 is 9.90 Å². The number of imidazole rings is 1. The zero-order valence-corrected chi connectivity index (χ0v) is 6.11. The second kappa shape index (κ2) is 3.05. The second-order valence-electron chi connectivity index (χ2n) is 1.94. The number of hydrogen-bond donors (Lipinski definition) is 2. The van der Waals surface area contributed by atoms with Crippen LogP contribution in [-0.4, -0.2) is 27.3 Å². The highest BCUT2D eigenvalue weighted by Crippen LogP contribution is 1.92. The molecule has 0 saturated heterocycles. The lowest BCUT2D eigenvalue weighted by Crippen LogP contribution is -2.19. The number of aromatic carboxylic acids is 1. The Hall–Kier alpha value is -1.52. The maximum absolute atomic E-state index is 10.4. The zero-order chi connectivity index (χ0) is 8.27. The van der Waals surface area contributed by atoms with Gasteiger partial charge in [0.05, 0.1) is 0 Å². The van der Waals surface area contributed by atoms with Crippen LogP contribution in [0.25, 0.3) is 0 Å². The highest BCUT2D eigenvalue weighted by Gasteiger charge is 2.08. The summed E-state index contributed by atoms with van der Waals surface area (Å²) in [5, 5.41) is 8.56. The Labute approximate surface area is 63.6 Å². The minimum Gasteiger partial charge on any atom is -0.475 e. The molecule has 0 unspecified atom stereocenters. The first-order chi connectivity index (χ1) is 5.25. The van der Waals surface area contributed by atoms with Gasteiger partial charge in [0.25, 0.3) is 0 Å². The van der Waals surface area contributed by atoms with Crippen molar-refractivity contribution >= 4 is 5.97 Å². The molecule has 0 spiro atoms. The lowest BCUT2D eigenvalue weighted by molar-refractivity contribution is 0.0680. The molecule has 0 aliphatic rings. The molecular weight excluding hydrogens is 146 g/mol. The number of nitrogens with one attached hydrogen (secondary N) is 1. The van der Waals surface area contributed by atoms with E-state index in [9.17, 15) is 4.79 Å². The Morgan fingerprint density at radius 1 is 1.91 bits per heavy atom. The van der Waals surface area contributed by atoms with E-state index in [4.69, 9.17) is 5.11 Å². The van der Waals surface area contributed by atoms with Crippen LogP contribution >= 0.6 is 0 Å². The fraction of sp³-hybridized carbons (Fsp3) is 0.333. The molecule has 0 aromatic carbocycles. The number of rotatable bonds is 3. The summed E-state index contributed by atoms with van der Waals surface area (Å²) >= 11 is 0. The highest BCUT2D eigenvalue weighted by atomic mass is 16.4. The van der Waals surface area contributed by atoms with Crippen molar-refractivity contribution in [2.75, 3.05) is 12.0 Å². The summed E-state index contributed by atoms with van der Waals surface area (Å²) in [6.07, 6.45) is 3.00. The van der Waals surface area contributed by atoms with Crippen LogP contribution in [0.3, 0.4) is 0 Å². The van der Waals surface area contributed by atoms with Crippen molar-refractivity contribution in [2.45, 2.75) is 6.92 Å². The molecule has 0 aliphatic heterocycles. The first-order valence-electron chi connectivity index (χ1n) is 3.26. The highest BCUT2D eigenvalue weighted by molar-refractivity contribution is 5.83. The monoisotopic (exact) mass is 155 g/mol. The van der Waals surface area contributed by atoms with Gasteiger partial charge < -0.3 is 10.5 Å². The maximum Gasteiger partial charge on any atom is 0.373 e. The molecule has 2 N–H and O–H groups in total. The average Bonchev–Trinajstić information content (AvgIpc) is 2.36. The fourth-order valence-electron chi connectivity index (χ4n) is 0.760. The van der Waals surface area contributed by atoms with Crippen molar-refractivity contribution in [1.29, 1.82) is 0 Å². The van der Waals surface area contributed by atoms with Crippen molar-refractivity contribution in [3.05, 3.63) is 18.2 Å². The van der Waals surface area contributed by atoms with Crippen LogP contribution in [-0.2, 0) is 0 Å². The number of carboxylic acids is 1. The SMILES string of the molecule is CCNn1ccnc1C(=O)O. The minimum atomic E-state index is -1.03. The van der Waals surface area contributed by atoms with E-state index in [1.54, 1.807) is 6.20 Å². The summed E-state index contributed by atoms with van der Waals surface area (Å²) < 4.78 is 1.38. The van der Waals surface area contributed by atoms with E-state index in [1.807, 2.05) is 6.92 Å². The summed E-state index contributed by atoms with van der Waals surface area (Å²) in [7, 11) is 0. The van der Waals surface area contributed by atoms with Gasteiger partial charge in [-0.1, -0.05) is 0 Å². The Balaban J connectivity index is 2.87. The van der Waals surface area contributed by atoms with Gasteiger partial charge >= 0.3 is 5.97 Å². The number of nitrogens with zero attached hydrogens (tertiary/aromatic N) is 2. The summed E-state index contributed by atoms with van der Waals surface area (Å²) in [6.45, 7) is 2.54. The summed E-state index contributed by atoms with van der Waals surface area (Å²) in [5.41, 5.74) is 2.81. The lowest BCUT2D eigenvalue weighted by Gasteiger charge is -2.04. The lowest BCUT2D eigenvalue weighted by atomic mass is 10.6. The van der Waals surface area contributed by atoms with Crippen LogP contribution in [0.1, 0.15) is 17.5 Å². The molecule has 0 radical (unpaired) electrons. The van der Waals surface area contributed by atoms with Gasteiger partial charge in [0.1, 0.15) is 0 Å². The molecule has 1 aromatic heterocycles. The molecular formula is C6H9N3O2. The van der Waals surface area contributed by atoms with Crippen molar-refractivity contribution in [2.24, 2.45) is 0 Å². The van der Waals surface area contributed by atoms with Crippen LogP contribution in [0, 0.1) is 0 Å². The number of aromatic nitrogens is 2. The summed E-state index contributed by atoms with van der Waals surface area (Å²) in [4.78, 5) is 14.1. The Bertz CT molecular complexity index is 256. The normalized spacial score (nSPS) is 9.55. The van der Waals surface area contributed by atoms with Crippen LogP contribution < -0.4 is 5.43 Å². The fourth-order valence-corrected chi connectivity index (χ4v) is 0.760. The van der Waals surface area contributed by atoms with Crippen LogP contribution in [0.5, 0.6) is 0 Å². The van der Waals surface area contributed by atoms with Crippen LogP contribution in [0.4, 0.5) is 0 Å². The predicted molar refractivity (Wildman–Crippen MR) is 39.1 cm³/mol. The molecule has 1 rings (SSSR count). The van der Waals surface area contributed by atoms with Crippen molar-refractivity contribution in [3.63, 3.8) is 0 Å². The number of hydrogen-bond acceptors (Lipinski definition) is 3. The molecule has 0 fully saturated rings. The summed E-state index contributed by atoms with van der Waals surface area (Å²) in [5.74, 6) is -1.03. The van der Waals surface area contributed by atoms with Gasteiger partial charge in [-0.15, -0.1) is 0 Å². The Morgan fingerprint density at radius 2 is 2.64 bits per heavy atom. The summed E-state index contributed by atoms with van der Waals surface area (Å²) in [6, 6.07) is 0. The molecule has 0 bridgehead atoms. The van der Waals surface area contributed by atoms with Gasteiger partial charge in [0.2, 0.25) is 5.82 Å². The third kappa shape index (κ3) is 1.49. The maximum atomic E-state index is 10.4. The molecule has 1 heterocycles. The first-order valence-corrected chi connectivity index (χ1v) is 3.26. The largest absolute Gasteiger partial charge is 0.475 e. The molecule has 11 heavy (non-hydrogen) atoms. The van der Waals surface area contributed by atoms with Gasteiger partial charge in [-0.3, -0.25) is 0 Å². The molecule has 60 valence electrons. The van der Waals surface area contributed by atoms with E-state index in [0.29, 0.717) is 6.54 Å². The Morgan fingerprint density at radius 3 is 3.18 bits per heavy atom. The molecule has 5 nitrogen and oxygen atoms in total. The van der Waals surface area contributed by atoms with Gasteiger partial charge in [0.15, 0.2) is 0 Å². The molecule has 5 heteroatoms. The van der Waals surface area contributed by atoms with E-state index < -0.39 is 5.97 Å². The van der Waals surface area contributed by atoms with Crippen molar-refractivity contribution in [1.82, 2.24) is 9.66 Å². The van der Waals surface area contributed by atoms with E-state index in [-0.39, 0.29) is 5.82 Å². The third-order valence-corrected chi connectivity index (χ3v) is 1.16. The molecule has 0 aliphatic carbocycles. The number of carbonyl (C=O) groups is 1. The minimum absolute atomic E-state index is 0.00634. The predicted octanol–water partition coefficient (Wildman–Crippen LogP) is 0.145. The molecule has 1 aromatic rings. The zero-order valence-electron chi connectivity index (χ0n) is 6.11. The third-order valence-electron chi connectivity index (χ3n) is 1.16. The van der Waals surface area contributed by atoms with E-state index in [0.717, 1.165) is 0 Å². The van der Waals surface area contributed by atoms with E-state index >= 15 is 0 Å². The smallest absolute Gasteiger partial charge is 0.373 e. The molecule has 0 atom stereocenters. The van der Waals surface area contributed by atoms with E-state index in [2.05, 4.69) is 10.4 Å². The standard InChI is InChI=1S/C6H9N3O2/c1-2-8-9-4-3-7-5(9)6(10)11/h3-4,8H,2H2,1H3,(H,10,11). The van der Waals surface area contributed by atoms with Crippen molar-refractivity contribution in [3.8, 4) is 0 Å². The molecule has 0 amide bonds. The molecule has 0 saturated carbocycles. The van der Waals surface area contributed by atoms with Crippen LogP contribution in [0.15, 0.2) is 12.4 Å². The Kier molecular flexibility index (Phi) is 2.10. The van der Waals surface area contributed by atoms with Gasteiger partial charge in [-0.25, -0.2) is 14.5 Å². The number of carboxylic acid groups (broad SMARTS) is 1. The van der Waals surface area contributed by atoms with Gasteiger partial charge in [0, 0.05) is 18.9 Å². The second-order valence-corrected chi connectivity index (χ2v) is 1.94. The quantitative estimate of drug-likeness (QED) is 0.651. The van der Waals surface area contributed by atoms with E-state index in [1.165, 1.54) is 10.9 Å². The first kappa shape index (κ1) is 7.59. The topological polar surface area (TPSA) is 67.2 Å².